The Morgan fingerprint density at radius 2 is 2.11 bits per heavy atom. The Bertz CT molecular complexity index is 1230. The first-order chi connectivity index (χ1) is 13.8. The van der Waals surface area contributed by atoms with Crippen LogP contribution < -0.4 is 5.32 Å². The van der Waals surface area contributed by atoms with Crippen LogP contribution in [0.5, 0.6) is 0 Å². The third-order valence-electron chi connectivity index (χ3n) is 4.24. The van der Waals surface area contributed by atoms with E-state index >= 15 is 0 Å². The maximum absolute atomic E-state index is 8.64. The molecule has 3 heterocycles. The Kier molecular flexibility index (Phi) is 4.72. The summed E-state index contributed by atoms with van der Waals surface area (Å²) >= 11 is 0. The summed E-state index contributed by atoms with van der Waals surface area (Å²) in [6, 6.07) is 12.1. The van der Waals surface area contributed by atoms with Gasteiger partial charge in [0.2, 0.25) is 0 Å². The van der Waals surface area contributed by atoms with Crippen molar-refractivity contribution in [1.82, 2.24) is 29.9 Å². The molecule has 0 aliphatic heterocycles. The topological polar surface area (TPSA) is 116 Å². The first-order valence-corrected chi connectivity index (χ1v) is 8.63. The Labute approximate surface area is 160 Å². The molecule has 3 aromatic heterocycles. The zero-order chi connectivity index (χ0) is 19.3. The number of nitrogens with one attached hydrogen (secondary N) is 2. The molecule has 0 spiro atoms. The summed E-state index contributed by atoms with van der Waals surface area (Å²) in [6.45, 7) is 0.153. The minimum Gasteiger partial charge on any atom is -0.378 e. The van der Waals surface area contributed by atoms with Crippen LogP contribution >= 0.6 is 0 Å². The van der Waals surface area contributed by atoms with Crippen LogP contribution in [-0.4, -0.2) is 37.3 Å². The highest BCUT2D eigenvalue weighted by atomic mass is 15.3. The van der Waals surface area contributed by atoms with E-state index in [1.807, 2.05) is 30.3 Å². The van der Waals surface area contributed by atoms with Crippen molar-refractivity contribution in [3.05, 3.63) is 72.1 Å². The van der Waals surface area contributed by atoms with Gasteiger partial charge in [0.25, 0.3) is 5.78 Å². The van der Waals surface area contributed by atoms with Gasteiger partial charge in [0.05, 0.1) is 29.7 Å². The minimum absolute atomic E-state index is 0.153. The zero-order valence-electron chi connectivity index (χ0n) is 14.9. The second-order valence-electron chi connectivity index (χ2n) is 6.10. The third kappa shape index (κ3) is 3.41. The molecule has 0 saturated heterocycles. The fourth-order valence-electron chi connectivity index (χ4n) is 2.91. The lowest BCUT2D eigenvalue weighted by atomic mass is 10.1. The van der Waals surface area contributed by atoms with E-state index in [1.165, 1.54) is 6.21 Å². The van der Waals surface area contributed by atoms with E-state index in [-0.39, 0.29) is 6.54 Å². The largest absolute Gasteiger partial charge is 0.378 e. The highest BCUT2D eigenvalue weighted by molar-refractivity contribution is 6.07. The van der Waals surface area contributed by atoms with Crippen LogP contribution in [0.3, 0.4) is 0 Å². The predicted octanol–water partition coefficient (Wildman–Crippen LogP) is 2.37. The van der Waals surface area contributed by atoms with Crippen LogP contribution in [0.2, 0.25) is 0 Å². The maximum Gasteiger partial charge on any atom is 0.250 e. The van der Waals surface area contributed by atoms with Gasteiger partial charge in [0.15, 0.2) is 0 Å². The van der Waals surface area contributed by atoms with Crippen molar-refractivity contribution in [3.63, 3.8) is 0 Å². The van der Waals surface area contributed by atoms with Crippen LogP contribution in [-0.2, 0) is 6.42 Å². The van der Waals surface area contributed by atoms with Crippen molar-refractivity contribution in [3.8, 4) is 6.07 Å². The number of allylic oxidation sites excluding steroid dienone is 1. The molecule has 0 saturated carbocycles. The molecule has 0 fully saturated rings. The van der Waals surface area contributed by atoms with Crippen molar-refractivity contribution in [1.29, 1.82) is 10.7 Å². The van der Waals surface area contributed by atoms with Gasteiger partial charge >= 0.3 is 0 Å². The van der Waals surface area contributed by atoms with E-state index in [9.17, 15) is 0 Å². The van der Waals surface area contributed by atoms with E-state index in [1.54, 1.807) is 29.3 Å². The van der Waals surface area contributed by atoms with Gasteiger partial charge in [-0.1, -0.05) is 12.1 Å². The van der Waals surface area contributed by atoms with E-state index < -0.39 is 0 Å². The smallest absolute Gasteiger partial charge is 0.250 e. The van der Waals surface area contributed by atoms with Gasteiger partial charge in [0.1, 0.15) is 12.2 Å². The Morgan fingerprint density at radius 1 is 1.21 bits per heavy atom. The average molecular weight is 368 g/mol. The van der Waals surface area contributed by atoms with Gasteiger partial charge in [-0.3, -0.25) is 4.98 Å². The lowest BCUT2D eigenvalue weighted by molar-refractivity contribution is 0.839. The van der Waals surface area contributed by atoms with Gasteiger partial charge in [0, 0.05) is 36.0 Å². The summed E-state index contributed by atoms with van der Waals surface area (Å²) in [7, 11) is 0. The summed E-state index contributed by atoms with van der Waals surface area (Å²) in [4.78, 5) is 13.0. The molecule has 0 aliphatic carbocycles. The molecule has 0 amide bonds. The van der Waals surface area contributed by atoms with Crippen LogP contribution in [0.15, 0.2) is 55.1 Å². The van der Waals surface area contributed by atoms with Crippen LogP contribution in [0.25, 0.3) is 22.3 Å². The lowest BCUT2D eigenvalue weighted by Gasteiger charge is -2.05. The highest BCUT2D eigenvalue weighted by Gasteiger charge is 2.10. The molecule has 4 aromatic rings. The second-order valence-corrected chi connectivity index (χ2v) is 6.10. The standard InChI is InChI=1S/C20H16N8/c21-5-7-23-11-16(10-22)19-13-26-20-25-12-17(28(20)27-19)9-14-3-4-18-15(8-14)2-1-6-24-18/h1-4,6,8,10-13,22-23H,7,9H2/b16-11+,22-10?. The van der Waals surface area contributed by atoms with Crippen LogP contribution in [0.4, 0.5) is 0 Å². The average Bonchev–Trinajstić information content (AvgIpc) is 3.13. The molecule has 0 atom stereocenters. The fraction of sp³-hybridized carbons (Fsp3) is 0.100. The molecular weight excluding hydrogens is 352 g/mol. The highest BCUT2D eigenvalue weighted by Crippen LogP contribution is 2.17. The number of hydrogen-bond donors (Lipinski definition) is 2. The van der Waals surface area contributed by atoms with Gasteiger partial charge in [-0.2, -0.15) is 10.4 Å². The van der Waals surface area contributed by atoms with Crippen LogP contribution in [0, 0.1) is 16.7 Å². The van der Waals surface area contributed by atoms with Crippen LogP contribution in [0.1, 0.15) is 17.0 Å². The molecule has 1 aromatic carbocycles. The molecule has 0 bridgehead atoms. The van der Waals surface area contributed by atoms with Gasteiger partial charge in [-0.15, -0.1) is 0 Å². The normalized spacial score (nSPS) is 11.5. The number of fused-ring (bicyclic) bond motifs is 2. The molecule has 0 unspecified atom stereocenters. The second kappa shape index (κ2) is 7.63. The van der Waals surface area contributed by atoms with E-state index in [0.717, 1.165) is 22.2 Å². The SMILES string of the molecule is N#CCN/C=C(\C=N)c1cnc2ncc(Cc3ccc4ncccc4c3)n2n1. The summed E-state index contributed by atoms with van der Waals surface area (Å²) < 4.78 is 1.68. The first kappa shape index (κ1) is 17.3. The number of nitrogens with zero attached hydrogens (tertiary/aromatic N) is 6. The maximum atomic E-state index is 8.64. The monoisotopic (exact) mass is 368 g/mol. The molecule has 8 heteroatoms. The Hall–Kier alpha value is -4.12. The summed E-state index contributed by atoms with van der Waals surface area (Å²) in [5, 5.41) is 24.7. The number of nitriles is 1. The summed E-state index contributed by atoms with van der Waals surface area (Å²) in [5.41, 5.74) is 4.02. The number of benzene rings is 1. The van der Waals surface area contributed by atoms with Gasteiger partial charge in [-0.05, 0) is 23.8 Å². The van der Waals surface area contributed by atoms with Crippen molar-refractivity contribution in [2.24, 2.45) is 0 Å². The Morgan fingerprint density at radius 3 is 2.96 bits per heavy atom. The fourth-order valence-corrected chi connectivity index (χ4v) is 2.91. The molecule has 8 nitrogen and oxygen atoms in total. The number of rotatable bonds is 6. The first-order valence-electron chi connectivity index (χ1n) is 8.63. The van der Waals surface area contributed by atoms with Crippen molar-refractivity contribution >= 4 is 28.5 Å². The molecule has 136 valence electrons. The van der Waals surface area contributed by atoms with E-state index in [4.69, 9.17) is 10.7 Å². The van der Waals surface area contributed by atoms with Gasteiger partial charge in [-0.25, -0.2) is 14.5 Å². The quantitative estimate of drug-likeness (QED) is 0.307. The predicted molar refractivity (Wildman–Crippen MR) is 106 cm³/mol. The Balaban J connectivity index is 1.68. The van der Waals surface area contributed by atoms with Crippen molar-refractivity contribution < 1.29 is 0 Å². The molecule has 0 radical (unpaired) electrons. The van der Waals surface area contributed by atoms with Crippen molar-refractivity contribution in [2.75, 3.05) is 6.54 Å². The number of hydrogen-bond acceptors (Lipinski definition) is 7. The van der Waals surface area contributed by atoms with E-state index in [0.29, 0.717) is 23.5 Å². The van der Waals surface area contributed by atoms with Crippen molar-refractivity contribution in [2.45, 2.75) is 6.42 Å². The zero-order valence-corrected chi connectivity index (χ0v) is 14.9. The van der Waals surface area contributed by atoms with E-state index in [2.05, 4.69) is 31.4 Å². The number of imidazole rings is 1. The molecule has 28 heavy (non-hydrogen) atoms. The molecule has 4 rings (SSSR count). The lowest BCUT2D eigenvalue weighted by Crippen LogP contribution is -2.09. The van der Waals surface area contributed by atoms with Gasteiger partial charge < -0.3 is 10.7 Å². The number of pyridine rings is 1. The summed E-state index contributed by atoms with van der Waals surface area (Å²) in [5.74, 6) is 0.496. The minimum atomic E-state index is 0.153. The summed E-state index contributed by atoms with van der Waals surface area (Å²) in [6.07, 6.45) is 8.50. The molecule has 0 aliphatic rings. The molecule has 2 N–H and O–H groups in total. The third-order valence-corrected chi connectivity index (χ3v) is 4.24. The molecular formula is C20H16N8. The number of aromatic nitrogens is 5.